The number of anilines is 1. The summed E-state index contributed by atoms with van der Waals surface area (Å²) in [6.07, 6.45) is 1.34. The van der Waals surface area contributed by atoms with Crippen molar-refractivity contribution in [3.63, 3.8) is 0 Å². The smallest absolute Gasteiger partial charge is 0.306 e. The van der Waals surface area contributed by atoms with Gasteiger partial charge in [0.2, 0.25) is 0 Å². The molecule has 1 aliphatic carbocycles. The molecule has 3 N–H and O–H groups in total. The van der Waals surface area contributed by atoms with Crippen LogP contribution in [-0.4, -0.2) is 28.3 Å². The highest BCUT2D eigenvalue weighted by Crippen LogP contribution is 2.34. The second-order valence-corrected chi connectivity index (χ2v) is 5.84. The molecule has 1 aromatic rings. The first-order chi connectivity index (χ1) is 9.81. The molecule has 0 bridgehead atoms. The van der Waals surface area contributed by atoms with Crippen molar-refractivity contribution in [2.24, 2.45) is 5.92 Å². The molecule has 0 saturated heterocycles. The summed E-state index contributed by atoms with van der Waals surface area (Å²) in [5.41, 5.74) is -1.18. The van der Waals surface area contributed by atoms with Gasteiger partial charge in [0.1, 0.15) is 5.82 Å². The second kappa shape index (κ2) is 6.15. The van der Waals surface area contributed by atoms with Crippen LogP contribution in [0, 0.1) is 17.6 Å². The van der Waals surface area contributed by atoms with Crippen LogP contribution in [0.2, 0.25) is 5.02 Å². The number of nitrogens with one attached hydrogen (secondary N) is 1. The van der Waals surface area contributed by atoms with E-state index >= 15 is 0 Å². The van der Waals surface area contributed by atoms with Crippen molar-refractivity contribution in [3.05, 3.63) is 28.8 Å². The van der Waals surface area contributed by atoms with E-state index in [1.54, 1.807) is 0 Å². The highest BCUT2D eigenvalue weighted by atomic mass is 35.5. The normalized spacial score (nSPS) is 25.6. The minimum atomic E-state index is -1.11. The molecule has 0 heterocycles. The van der Waals surface area contributed by atoms with Gasteiger partial charge in [0.25, 0.3) is 0 Å². The van der Waals surface area contributed by atoms with E-state index in [2.05, 4.69) is 5.32 Å². The van der Waals surface area contributed by atoms with Crippen molar-refractivity contribution in [1.29, 1.82) is 0 Å². The number of rotatable bonds is 4. The lowest BCUT2D eigenvalue weighted by atomic mass is 9.79. The minimum Gasteiger partial charge on any atom is -0.481 e. The van der Waals surface area contributed by atoms with E-state index in [1.165, 1.54) is 0 Å². The Morgan fingerprint density at radius 1 is 1.38 bits per heavy atom. The molecule has 0 atom stereocenters. The third kappa shape index (κ3) is 3.83. The Balaban J connectivity index is 1.99. The van der Waals surface area contributed by atoms with Crippen LogP contribution in [-0.2, 0) is 4.79 Å². The Kier molecular flexibility index (Phi) is 4.68. The van der Waals surface area contributed by atoms with Crippen molar-refractivity contribution in [3.8, 4) is 0 Å². The molecule has 0 aromatic heterocycles. The summed E-state index contributed by atoms with van der Waals surface area (Å²) in [6.45, 7) is 0.0294. The average Bonchev–Trinajstić information content (AvgIpc) is 2.37. The van der Waals surface area contributed by atoms with Crippen LogP contribution in [0.15, 0.2) is 12.1 Å². The molecule has 0 amide bonds. The van der Waals surface area contributed by atoms with E-state index in [9.17, 15) is 18.7 Å². The van der Waals surface area contributed by atoms with Crippen molar-refractivity contribution < 1.29 is 23.8 Å². The maximum Gasteiger partial charge on any atom is 0.306 e. The quantitative estimate of drug-likeness (QED) is 0.798. The van der Waals surface area contributed by atoms with Crippen LogP contribution in [0.1, 0.15) is 25.7 Å². The number of benzene rings is 1. The monoisotopic (exact) mass is 319 g/mol. The van der Waals surface area contributed by atoms with Crippen LogP contribution in [0.5, 0.6) is 0 Å². The van der Waals surface area contributed by atoms with Gasteiger partial charge in [0.05, 0.1) is 22.2 Å². The molecule has 0 spiro atoms. The van der Waals surface area contributed by atoms with Gasteiger partial charge in [-0.15, -0.1) is 0 Å². The van der Waals surface area contributed by atoms with Crippen LogP contribution < -0.4 is 5.32 Å². The number of carboxylic acids is 1. The lowest BCUT2D eigenvalue weighted by Gasteiger charge is -2.35. The summed E-state index contributed by atoms with van der Waals surface area (Å²) >= 11 is 5.76. The first-order valence-electron chi connectivity index (χ1n) is 6.64. The summed E-state index contributed by atoms with van der Waals surface area (Å²) in [6, 6.07) is 1.69. The Morgan fingerprint density at radius 2 is 2.00 bits per heavy atom. The highest BCUT2D eigenvalue weighted by molar-refractivity contribution is 6.33. The fourth-order valence-corrected chi connectivity index (χ4v) is 2.80. The van der Waals surface area contributed by atoms with Crippen LogP contribution in [0.4, 0.5) is 14.5 Å². The SMILES string of the molecule is O=C(O)C1CCC(O)(CNc2c(F)cc(F)cc2Cl)CC1. The van der Waals surface area contributed by atoms with Gasteiger partial charge >= 0.3 is 5.97 Å². The molecule has 1 saturated carbocycles. The standard InChI is InChI=1S/C14H16ClF2NO3/c15-10-5-9(16)6-11(17)12(10)18-7-14(21)3-1-8(2-4-14)13(19)20/h5-6,8,18,21H,1-4,7H2,(H,19,20). The van der Waals surface area contributed by atoms with Gasteiger partial charge in [-0.2, -0.15) is 0 Å². The Hall–Kier alpha value is -1.40. The summed E-state index contributed by atoms with van der Waals surface area (Å²) < 4.78 is 26.6. The van der Waals surface area contributed by atoms with Crippen molar-refractivity contribution in [1.82, 2.24) is 0 Å². The number of carboxylic acid groups (broad SMARTS) is 1. The molecule has 0 aliphatic heterocycles. The van der Waals surface area contributed by atoms with Gasteiger partial charge in [-0.3, -0.25) is 4.79 Å². The van der Waals surface area contributed by atoms with Gasteiger partial charge in [0, 0.05) is 12.6 Å². The van der Waals surface area contributed by atoms with Crippen LogP contribution >= 0.6 is 11.6 Å². The summed E-state index contributed by atoms with van der Waals surface area (Å²) in [7, 11) is 0. The van der Waals surface area contributed by atoms with Gasteiger partial charge in [0.15, 0.2) is 5.82 Å². The fraction of sp³-hybridized carbons (Fsp3) is 0.500. The summed E-state index contributed by atoms with van der Waals surface area (Å²) in [4.78, 5) is 10.9. The van der Waals surface area contributed by atoms with E-state index in [1.807, 2.05) is 0 Å². The lowest BCUT2D eigenvalue weighted by Crippen LogP contribution is -2.42. The molecule has 21 heavy (non-hydrogen) atoms. The number of carbonyl (C=O) groups is 1. The minimum absolute atomic E-state index is 0.0294. The molecule has 1 aromatic carbocycles. The first-order valence-corrected chi connectivity index (χ1v) is 7.02. The lowest BCUT2D eigenvalue weighted by molar-refractivity contribution is -0.144. The number of aliphatic hydroxyl groups is 1. The molecule has 1 fully saturated rings. The second-order valence-electron chi connectivity index (χ2n) is 5.43. The maximum absolute atomic E-state index is 13.6. The molecule has 0 radical (unpaired) electrons. The molecule has 1 aliphatic rings. The van der Waals surface area contributed by atoms with E-state index < -0.39 is 29.1 Å². The number of hydrogen-bond acceptors (Lipinski definition) is 3. The zero-order valence-corrected chi connectivity index (χ0v) is 12.0. The molecule has 0 unspecified atom stereocenters. The van der Waals surface area contributed by atoms with E-state index in [0.29, 0.717) is 31.7 Å². The van der Waals surface area contributed by atoms with Gasteiger partial charge in [-0.25, -0.2) is 8.78 Å². The third-order valence-electron chi connectivity index (χ3n) is 3.87. The van der Waals surface area contributed by atoms with Crippen molar-refractivity contribution in [2.45, 2.75) is 31.3 Å². The Labute approximate surface area is 125 Å². The predicted molar refractivity (Wildman–Crippen MR) is 74.4 cm³/mol. The van der Waals surface area contributed by atoms with E-state index in [4.69, 9.17) is 16.7 Å². The predicted octanol–water partition coefficient (Wildman–Crippen LogP) is 3.04. The number of halogens is 3. The zero-order chi connectivity index (χ0) is 15.6. The largest absolute Gasteiger partial charge is 0.481 e. The van der Waals surface area contributed by atoms with Crippen LogP contribution in [0.25, 0.3) is 0 Å². The number of hydrogen-bond donors (Lipinski definition) is 3. The average molecular weight is 320 g/mol. The highest BCUT2D eigenvalue weighted by Gasteiger charge is 2.35. The molecular formula is C14H16ClF2NO3. The van der Waals surface area contributed by atoms with Crippen molar-refractivity contribution in [2.75, 3.05) is 11.9 Å². The summed E-state index contributed by atoms with van der Waals surface area (Å²) in [5.74, 6) is -2.92. The molecule has 7 heteroatoms. The summed E-state index contributed by atoms with van der Waals surface area (Å²) in [5, 5.41) is 21.9. The molecular weight excluding hydrogens is 304 g/mol. The Bertz CT molecular complexity index is 522. The zero-order valence-electron chi connectivity index (χ0n) is 11.2. The van der Waals surface area contributed by atoms with Gasteiger partial charge in [-0.1, -0.05) is 11.6 Å². The van der Waals surface area contributed by atoms with E-state index in [-0.39, 0.29) is 17.3 Å². The third-order valence-corrected chi connectivity index (χ3v) is 4.16. The fourth-order valence-electron chi connectivity index (χ4n) is 2.54. The van der Waals surface area contributed by atoms with Crippen LogP contribution in [0.3, 0.4) is 0 Å². The topological polar surface area (TPSA) is 69.6 Å². The maximum atomic E-state index is 13.6. The van der Waals surface area contributed by atoms with Crippen molar-refractivity contribution >= 4 is 23.3 Å². The Morgan fingerprint density at radius 3 is 2.52 bits per heavy atom. The molecule has 116 valence electrons. The first kappa shape index (κ1) is 16.0. The van der Waals surface area contributed by atoms with Gasteiger partial charge in [-0.05, 0) is 31.7 Å². The molecule has 4 nitrogen and oxygen atoms in total. The molecule has 2 rings (SSSR count). The number of aliphatic carboxylic acids is 1. The van der Waals surface area contributed by atoms with Gasteiger partial charge < -0.3 is 15.5 Å². The van der Waals surface area contributed by atoms with E-state index in [0.717, 1.165) is 6.07 Å².